The lowest BCUT2D eigenvalue weighted by atomic mass is 10.0. The third-order valence-electron chi connectivity index (χ3n) is 2.98. The Labute approximate surface area is 100 Å². The molecule has 1 unspecified atom stereocenters. The fourth-order valence-corrected chi connectivity index (χ4v) is 1.57. The molecule has 0 aromatic carbocycles. The van der Waals surface area contributed by atoms with Crippen LogP contribution in [0, 0.1) is 11.8 Å². The van der Waals surface area contributed by atoms with Gasteiger partial charge in [0.05, 0.1) is 0 Å². The molecule has 3 nitrogen and oxygen atoms in total. The number of hydrogen-bond donors (Lipinski definition) is 1. The van der Waals surface area contributed by atoms with Crippen molar-refractivity contribution in [1.29, 1.82) is 0 Å². The fourth-order valence-electron chi connectivity index (χ4n) is 1.57. The van der Waals surface area contributed by atoms with Crippen LogP contribution in [-0.2, 0) is 4.79 Å². The quantitative estimate of drug-likeness (QED) is 0.692. The Hall–Kier alpha value is -0.570. The van der Waals surface area contributed by atoms with Gasteiger partial charge in [-0.15, -0.1) is 0 Å². The Morgan fingerprint density at radius 2 is 1.81 bits per heavy atom. The van der Waals surface area contributed by atoms with Crippen molar-refractivity contribution >= 4 is 5.91 Å². The highest BCUT2D eigenvalue weighted by Gasteiger charge is 2.10. The molecule has 0 rings (SSSR count). The van der Waals surface area contributed by atoms with Gasteiger partial charge in [-0.25, -0.2) is 0 Å². The molecule has 2 N–H and O–H groups in total. The summed E-state index contributed by atoms with van der Waals surface area (Å²) in [5.41, 5.74) is 5.48. The van der Waals surface area contributed by atoms with Crippen LogP contribution in [0.25, 0.3) is 0 Å². The van der Waals surface area contributed by atoms with Crippen LogP contribution < -0.4 is 5.73 Å². The predicted molar refractivity (Wildman–Crippen MR) is 69.2 cm³/mol. The van der Waals surface area contributed by atoms with Gasteiger partial charge < -0.3 is 10.6 Å². The number of carbonyl (C=O) groups is 1. The standard InChI is InChI=1S/C13H28N2O/c1-11(2)8-10-15(4)13(16)6-5-12(3)7-9-14/h11-12H,5-10,14H2,1-4H3. The highest BCUT2D eigenvalue weighted by atomic mass is 16.2. The van der Waals surface area contributed by atoms with E-state index in [9.17, 15) is 4.79 Å². The zero-order chi connectivity index (χ0) is 12.6. The summed E-state index contributed by atoms with van der Waals surface area (Å²) in [5.74, 6) is 1.49. The Balaban J connectivity index is 3.70. The van der Waals surface area contributed by atoms with Gasteiger partial charge in [0.25, 0.3) is 0 Å². The zero-order valence-corrected chi connectivity index (χ0v) is 11.3. The van der Waals surface area contributed by atoms with E-state index in [0.717, 1.165) is 32.4 Å². The molecule has 0 saturated heterocycles. The lowest BCUT2D eigenvalue weighted by molar-refractivity contribution is -0.130. The monoisotopic (exact) mass is 228 g/mol. The highest BCUT2D eigenvalue weighted by molar-refractivity contribution is 5.75. The van der Waals surface area contributed by atoms with Crippen molar-refractivity contribution in [3.63, 3.8) is 0 Å². The second-order valence-corrected chi connectivity index (χ2v) is 5.22. The first-order valence-corrected chi connectivity index (χ1v) is 6.41. The van der Waals surface area contributed by atoms with Crippen molar-refractivity contribution in [2.75, 3.05) is 20.1 Å². The van der Waals surface area contributed by atoms with Gasteiger partial charge in [0, 0.05) is 20.0 Å². The van der Waals surface area contributed by atoms with E-state index in [-0.39, 0.29) is 5.91 Å². The third-order valence-corrected chi connectivity index (χ3v) is 2.98. The van der Waals surface area contributed by atoms with E-state index in [4.69, 9.17) is 5.73 Å². The Bertz CT molecular complexity index is 192. The first kappa shape index (κ1) is 15.4. The van der Waals surface area contributed by atoms with Crippen LogP contribution >= 0.6 is 0 Å². The zero-order valence-electron chi connectivity index (χ0n) is 11.3. The van der Waals surface area contributed by atoms with Gasteiger partial charge in [0.2, 0.25) is 5.91 Å². The number of hydrogen-bond acceptors (Lipinski definition) is 2. The van der Waals surface area contributed by atoms with Gasteiger partial charge in [-0.05, 0) is 37.6 Å². The third kappa shape index (κ3) is 7.69. The SMILES string of the molecule is CC(C)CCN(C)C(=O)CCC(C)CCN. The summed E-state index contributed by atoms with van der Waals surface area (Å²) in [5, 5.41) is 0. The largest absolute Gasteiger partial charge is 0.346 e. The molecule has 1 amide bonds. The highest BCUT2D eigenvalue weighted by Crippen LogP contribution is 2.10. The van der Waals surface area contributed by atoms with Gasteiger partial charge in [-0.3, -0.25) is 4.79 Å². The van der Waals surface area contributed by atoms with Crippen LogP contribution in [0.3, 0.4) is 0 Å². The molecule has 0 saturated carbocycles. The Morgan fingerprint density at radius 1 is 1.19 bits per heavy atom. The van der Waals surface area contributed by atoms with E-state index in [1.807, 2.05) is 11.9 Å². The van der Waals surface area contributed by atoms with E-state index < -0.39 is 0 Å². The maximum absolute atomic E-state index is 11.8. The molecule has 0 aromatic rings. The molecule has 0 radical (unpaired) electrons. The molecule has 0 fully saturated rings. The summed E-state index contributed by atoms with van der Waals surface area (Å²) in [6.07, 6.45) is 3.72. The average Bonchev–Trinajstić information content (AvgIpc) is 2.22. The summed E-state index contributed by atoms with van der Waals surface area (Å²) in [6.45, 7) is 8.12. The van der Waals surface area contributed by atoms with Crippen molar-refractivity contribution in [3.8, 4) is 0 Å². The normalized spacial score (nSPS) is 12.9. The van der Waals surface area contributed by atoms with Crippen LogP contribution in [0.2, 0.25) is 0 Å². The summed E-state index contributed by atoms with van der Waals surface area (Å²) in [4.78, 5) is 13.6. The van der Waals surface area contributed by atoms with E-state index in [0.29, 0.717) is 18.3 Å². The molecule has 16 heavy (non-hydrogen) atoms. The van der Waals surface area contributed by atoms with Crippen molar-refractivity contribution in [3.05, 3.63) is 0 Å². The smallest absolute Gasteiger partial charge is 0.222 e. The van der Waals surface area contributed by atoms with Gasteiger partial charge in [0.1, 0.15) is 0 Å². The first-order valence-electron chi connectivity index (χ1n) is 6.41. The molecule has 0 heterocycles. The molecule has 0 aliphatic carbocycles. The summed E-state index contributed by atoms with van der Waals surface area (Å²) >= 11 is 0. The molecule has 0 aliphatic rings. The molecule has 3 heteroatoms. The number of amides is 1. The summed E-state index contributed by atoms with van der Waals surface area (Å²) in [6, 6.07) is 0. The second-order valence-electron chi connectivity index (χ2n) is 5.22. The molecular weight excluding hydrogens is 200 g/mol. The van der Waals surface area contributed by atoms with Crippen LogP contribution in [0.15, 0.2) is 0 Å². The van der Waals surface area contributed by atoms with E-state index in [1.165, 1.54) is 0 Å². The maximum atomic E-state index is 11.8. The molecule has 0 aliphatic heterocycles. The summed E-state index contributed by atoms with van der Waals surface area (Å²) < 4.78 is 0. The van der Waals surface area contributed by atoms with E-state index >= 15 is 0 Å². The van der Waals surface area contributed by atoms with E-state index in [1.54, 1.807) is 0 Å². The molecular formula is C13H28N2O. The average molecular weight is 228 g/mol. The molecule has 0 spiro atoms. The Morgan fingerprint density at radius 3 is 2.31 bits per heavy atom. The molecule has 96 valence electrons. The minimum Gasteiger partial charge on any atom is -0.346 e. The second kappa shape index (κ2) is 8.57. The minimum absolute atomic E-state index is 0.268. The number of rotatable bonds is 8. The lowest BCUT2D eigenvalue weighted by Gasteiger charge is -2.19. The maximum Gasteiger partial charge on any atom is 0.222 e. The van der Waals surface area contributed by atoms with E-state index in [2.05, 4.69) is 20.8 Å². The number of carbonyl (C=O) groups excluding carboxylic acids is 1. The number of nitrogens with two attached hydrogens (primary N) is 1. The van der Waals surface area contributed by atoms with Crippen molar-refractivity contribution in [2.45, 2.75) is 46.5 Å². The van der Waals surface area contributed by atoms with Gasteiger partial charge in [-0.1, -0.05) is 20.8 Å². The van der Waals surface area contributed by atoms with Crippen LogP contribution in [0.5, 0.6) is 0 Å². The minimum atomic E-state index is 0.268. The van der Waals surface area contributed by atoms with Crippen LogP contribution in [-0.4, -0.2) is 30.9 Å². The van der Waals surface area contributed by atoms with Crippen LogP contribution in [0.4, 0.5) is 0 Å². The van der Waals surface area contributed by atoms with Crippen LogP contribution in [0.1, 0.15) is 46.5 Å². The summed E-state index contributed by atoms with van der Waals surface area (Å²) in [7, 11) is 1.90. The number of nitrogens with zero attached hydrogens (tertiary/aromatic N) is 1. The topological polar surface area (TPSA) is 46.3 Å². The van der Waals surface area contributed by atoms with Gasteiger partial charge in [-0.2, -0.15) is 0 Å². The van der Waals surface area contributed by atoms with Gasteiger partial charge >= 0.3 is 0 Å². The first-order chi connectivity index (χ1) is 7.47. The van der Waals surface area contributed by atoms with Gasteiger partial charge in [0.15, 0.2) is 0 Å². The molecule has 1 atom stereocenters. The predicted octanol–water partition coefficient (Wildman–Crippen LogP) is 2.26. The van der Waals surface area contributed by atoms with Crippen molar-refractivity contribution in [1.82, 2.24) is 4.90 Å². The molecule has 0 aromatic heterocycles. The van der Waals surface area contributed by atoms with Crippen molar-refractivity contribution < 1.29 is 4.79 Å². The fraction of sp³-hybridized carbons (Fsp3) is 0.923. The lowest BCUT2D eigenvalue weighted by Crippen LogP contribution is -2.28. The molecule has 0 bridgehead atoms. The Kier molecular flexibility index (Phi) is 8.26. The van der Waals surface area contributed by atoms with Crippen molar-refractivity contribution in [2.24, 2.45) is 17.6 Å².